The molecule has 36 heavy (non-hydrogen) atoms. The Morgan fingerprint density at radius 2 is 2.00 bits per heavy atom. The lowest BCUT2D eigenvalue weighted by Crippen LogP contribution is -2.66. The van der Waals surface area contributed by atoms with Gasteiger partial charge in [0.1, 0.15) is 11.7 Å². The van der Waals surface area contributed by atoms with Gasteiger partial charge in [-0.1, -0.05) is 39.8 Å². The maximum atomic E-state index is 13.2. The van der Waals surface area contributed by atoms with Crippen molar-refractivity contribution in [1.82, 2.24) is 0 Å². The maximum absolute atomic E-state index is 13.2. The van der Waals surface area contributed by atoms with Crippen LogP contribution in [0.4, 0.5) is 0 Å². The first-order chi connectivity index (χ1) is 17.1. The first-order valence-corrected chi connectivity index (χ1v) is 12.2. The van der Waals surface area contributed by atoms with Gasteiger partial charge in [0.2, 0.25) is 0 Å². The number of aliphatic hydroxyl groups is 3. The number of carbonyl (C=O) groups is 3. The second-order valence-corrected chi connectivity index (χ2v) is 11.1. The Morgan fingerprint density at radius 1 is 1.33 bits per heavy atom. The molecular formula is C26H34N2O8. The van der Waals surface area contributed by atoms with Crippen molar-refractivity contribution in [2.45, 2.75) is 76.8 Å². The Morgan fingerprint density at radius 3 is 2.58 bits per heavy atom. The molecule has 4 aliphatic rings. The number of ketones is 1. The molecule has 0 aromatic heterocycles. The predicted octanol–water partition coefficient (Wildman–Crippen LogP) is 1.13. The van der Waals surface area contributed by atoms with Crippen LogP contribution < -0.4 is 0 Å². The molecule has 4 rings (SSSR count). The highest BCUT2D eigenvalue weighted by atomic mass is 16.6. The molecule has 1 unspecified atom stereocenters. The molecular weight excluding hydrogens is 468 g/mol. The third-order valence-corrected chi connectivity index (χ3v) is 9.02. The fourth-order valence-electron chi connectivity index (χ4n) is 7.39. The van der Waals surface area contributed by atoms with Crippen molar-refractivity contribution in [3.05, 3.63) is 28.8 Å². The van der Waals surface area contributed by atoms with Crippen LogP contribution in [0, 0.1) is 29.1 Å². The molecule has 2 saturated carbocycles. The zero-order valence-electron chi connectivity index (χ0n) is 22.1. The molecule has 9 atom stereocenters. The summed E-state index contributed by atoms with van der Waals surface area (Å²) in [6, 6.07) is 0. The zero-order chi connectivity index (χ0) is 27.7. The fourth-order valence-corrected chi connectivity index (χ4v) is 7.39. The van der Waals surface area contributed by atoms with Crippen molar-refractivity contribution in [2.24, 2.45) is 29.1 Å². The number of carbonyl (C=O) groups excluding carboxylic acids is 3. The van der Waals surface area contributed by atoms with Gasteiger partial charge in [-0.3, -0.25) is 9.59 Å². The smallest absolute Gasteiger partial charge is 0.414 e. The van der Waals surface area contributed by atoms with Gasteiger partial charge in [-0.15, -0.1) is 0 Å². The molecule has 10 nitrogen and oxygen atoms in total. The summed E-state index contributed by atoms with van der Waals surface area (Å²) in [5.74, 6) is -5.87. The molecule has 0 spiro atoms. The molecule has 0 aromatic rings. The SMILES string of the molecule is [3H]C(O)C1=C[C@H]2[C@@H]3C(C)(C)[C@]3(OC(=O)CCC)[C@H](OC(=O)C=[N+]=[N-])[C@@H](C)[C@]2(O)[C@@H]2C=C(C)C(=O)[C@@]2(O)C1. The Kier molecular flexibility index (Phi) is 5.87. The van der Waals surface area contributed by atoms with E-state index < -0.39 is 76.3 Å². The van der Waals surface area contributed by atoms with Crippen LogP contribution in [-0.2, 0) is 23.9 Å². The van der Waals surface area contributed by atoms with Crippen LogP contribution >= 0.6 is 0 Å². The molecule has 2 fully saturated rings. The number of hydrogen-bond acceptors (Lipinski definition) is 8. The number of hydrogen-bond donors (Lipinski definition) is 3. The van der Waals surface area contributed by atoms with E-state index in [1.807, 2.05) is 6.92 Å². The summed E-state index contributed by atoms with van der Waals surface area (Å²) in [6.07, 6.45) is 2.60. The Bertz CT molecular complexity index is 1160. The van der Waals surface area contributed by atoms with E-state index in [2.05, 4.69) is 4.79 Å². The van der Waals surface area contributed by atoms with E-state index in [-0.39, 0.29) is 24.0 Å². The first kappa shape index (κ1) is 25.0. The summed E-state index contributed by atoms with van der Waals surface area (Å²) in [7, 11) is 0. The number of aliphatic hydroxyl groups excluding tert-OH is 1. The predicted molar refractivity (Wildman–Crippen MR) is 125 cm³/mol. The van der Waals surface area contributed by atoms with Crippen molar-refractivity contribution in [3.8, 4) is 0 Å². The second-order valence-electron chi connectivity index (χ2n) is 11.1. The molecule has 3 N–H and O–H groups in total. The van der Waals surface area contributed by atoms with Gasteiger partial charge in [0.05, 0.1) is 13.6 Å². The molecule has 196 valence electrons. The summed E-state index contributed by atoms with van der Waals surface area (Å²) in [5, 5.41) is 34.5. The van der Waals surface area contributed by atoms with E-state index in [0.29, 0.717) is 12.6 Å². The maximum Gasteiger partial charge on any atom is 0.414 e. The first-order valence-electron chi connectivity index (χ1n) is 12.8. The Labute approximate surface area is 211 Å². The minimum atomic E-state index is -2.13. The van der Waals surface area contributed by atoms with Gasteiger partial charge < -0.3 is 30.3 Å². The quantitative estimate of drug-likeness (QED) is 0.159. The number of fused-ring (bicyclic) bond motifs is 5. The van der Waals surface area contributed by atoms with E-state index in [4.69, 9.17) is 16.4 Å². The van der Waals surface area contributed by atoms with Crippen LogP contribution in [0.25, 0.3) is 5.53 Å². The minimum Gasteiger partial charge on any atom is -0.454 e. The highest BCUT2D eigenvalue weighted by molar-refractivity contribution is 6.20. The standard InChI is InChI=1S/C26H34N2O8/c1-6-7-18(30)36-26-20(23(26,4)5)16-9-15(12-29)10-24(33)17(8-13(2)21(24)32)25(16,34)14(3)22(26)35-19(31)11-28-27/h8-9,11,14,16-17,20,22,29,33-34H,6-7,10,12H2,1-5H3/t14-,16+,17-,20-,22-,24-,25-,26-/m1/s1/i12T/t12?,14-,16+,17-,20-,22-,24-,25-,26-. The van der Waals surface area contributed by atoms with Crippen molar-refractivity contribution < 1.29 is 45.3 Å². The van der Waals surface area contributed by atoms with Gasteiger partial charge in [0.15, 0.2) is 11.4 Å². The van der Waals surface area contributed by atoms with Crippen LogP contribution in [-0.4, -0.2) is 73.5 Å². The summed E-state index contributed by atoms with van der Waals surface area (Å²) in [6.45, 7) is 6.77. The number of esters is 2. The Balaban J connectivity index is 1.96. The summed E-state index contributed by atoms with van der Waals surface area (Å²) >= 11 is 0. The average Bonchev–Trinajstić information content (AvgIpc) is 3.23. The molecule has 0 heterocycles. The van der Waals surface area contributed by atoms with Gasteiger partial charge in [0.25, 0.3) is 0 Å². The third kappa shape index (κ3) is 3.24. The average molecular weight is 505 g/mol. The number of rotatable bonds is 6. The fraction of sp³-hybridized carbons (Fsp3) is 0.692. The summed E-state index contributed by atoms with van der Waals surface area (Å²) in [5.41, 5.74) is 2.87. The van der Waals surface area contributed by atoms with Gasteiger partial charge in [-0.2, -0.15) is 4.79 Å². The topological polar surface area (TPSA) is 167 Å². The normalized spacial score (nSPS) is 43.2. The summed E-state index contributed by atoms with van der Waals surface area (Å²) < 4.78 is 19.8. The summed E-state index contributed by atoms with van der Waals surface area (Å²) in [4.78, 5) is 41.2. The Hall–Kier alpha value is -2.65. The van der Waals surface area contributed by atoms with Crippen LogP contribution in [0.5, 0.6) is 0 Å². The van der Waals surface area contributed by atoms with Gasteiger partial charge in [0, 0.05) is 41.9 Å². The van der Waals surface area contributed by atoms with Gasteiger partial charge >= 0.3 is 18.2 Å². The van der Waals surface area contributed by atoms with Crippen molar-refractivity contribution in [2.75, 3.05) is 6.58 Å². The molecule has 4 aliphatic carbocycles. The van der Waals surface area contributed by atoms with Crippen molar-refractivity contribution in [3.63, 3.8) is 0 Å². The lowest BCUT2D eigenvalue weighted by molar-refractivity contribution is -0.227. The van der Waals surface area contributed by atoms with Crippen molar-refractivity contribution in [1.29, 1.82) is 0 Å². The molecule has 0 saturated heterocycles. The molecule has 0 aliphatic heterocycles. The monoisotopic (exact) mass is 504 g/mol. The number of nitrogens with zero attached hydrogens (tertiary/aromatic N) is 2. The highest BCUT2D eigenvalue weighted by Crippen LogP contribution is 2.77. The van der Waals surface area contributed by atoms with Gasteiger partial charge in [-0.05, 0) is 24.5 Å². The number of Topliss-reactive ketones (excluding diaryl/α,β-unsaturated/α-hetero) is 1. The molecule has 0 amide bonds. The van der Waals surface area contributed by atoms with Crippen LogP contribution in [0.1, 0.15) is 55.3 Å². The van der Waals surface area contributed by atoms with E-state index in [0.717, 1.165) is 0 Å². The largest absolute Gasteiger partial charge is 0.454 e. The second kappa shape index (κ2) is 8.45. The highest BCUT2D eigenvalue weighted by Gasteiger charge is 2.88. The molecule has 10 heteroatoms. The molecule has 0 radical (unpaired) electrons. The number of ether oxygens (including phenoxy) is 2. The van der Waals surface area contributed by atoms with Crippen molar-refractivity contribution >= 4 is 23.9 Å². The minimum absolute atomic E-state index is 0.0661. The van der Waals surface area contributed by atoms with Gasteiger partial charge in [-0.25, -0.2) is 4.79 Å². The van der Waals surface area contributed by atoms with Crippen LogP contribution in [0.15, 0.2) is 23.3 Å². The lowest BCUT2D eigenvalue weighted by atomic mass is 9.59. The molecule has 0 bridgehead atoms. The van der Waals surface area contributed by atoms with E-state index in [1.165, 1.54) is 19.1 Å². The zero-order valence-corrected chi connectivity index (χ0v) is 21.1. The lowest BCUT2D eigenvalue weighted by Gasteiger charge is -2.52. The van der Waals surface area contributed by atoms with Crippen LogP contribution in [0.3, 0.4) is 0 Å². The molecule has 0 aromatic carbocycles. The van der Waals surface area contributed by atoms with Crippen LogP contribution in [0.2, 0.25) is 0 Å². The van der Waals surface area contributed by atoms with E-state index in [9.17, 15) is 29.7 Å². The van der Waals surface area contributed by atoms with E-state index in [1.54, 1.807) is 20.8 Å². The van der Waals surface area contributed by atoms with E-state index >= 15 is 0 Å². The third-order valence-electron chi connectivity index (χ3n) is 9.02.